The van der Waals surface area contributed by atoms with Crippen LogP contribution < -0.4 is 10.6 Å². The molecule has 4 nitrogen and oxygen atoms in total. The second-order valence-electron chi connectivity index (χ2n) is 5.89. The number of carbonyl (C=O) groups is 1. The Morgan fingerprint density at radius 1 is 0.880 bits per heavy atom. The number of nitrogens with one attached hydrogen (secondary N) is 2. The Morgan fingerprint density at radius 2 is 1.52 bits per heavy atom. The average molecular weight is 335 g/mol. The summed E-state index contributed by atoms with van der Waals surface area (Å²) in [6.45, 7) is 3.97. The van der Waals surface area contributed by atoms with Crippen LogP contribution >= 0.6 is 0 Å². The molecule has 2 aromatic carbocycles. The molecular formula is C20H18FN3O. The normalized spacial score (nSPS) is 10.4. The van der Waals surface area contributed by atoms with Gasteiger partial charge in [-0.1, -0.05) is 6.07 Å². The van der Waals surface area contributed by atoms with Crippen molar-refractivity contribution in [2.24, 2.45) is 0 Å². The monoisotopic (exact) mass is 335 g/mol. The number of benzene rings is 2. The number of anilines is 3. The molecule has 0 saturated carbocycles. The van der Waals surface area contributed by atoms with Crippen molar-refractivity contribution in [1.82, 2.24) is 4.98 Å². The maximum absolute atomic E-state index is 12.9. The molecule has 0 unspecified atom stereocenters. The van der Waals surface area contributed by atoms with Gasteiger partial charge in [0.2, 0.25) is 0 Å². The second kappa shape index (κ2) is 7.13. The summed E-state index contributed by atoms with van der Waals surface area (Å²) in [5, 5.41) is 5.95. The highest BCUT2D eigenvalue weighted by Crippen LogP contribution is 2.17. The van der Waals surface area contributed by atoms with E-state index in [0.29, 0.717) is 5.69 Å². The number of aromatic nitrogens is 1. The third kappa shape index (κ3) is 4.41. The van der Waals surface area contributed by atoms with Gasteiger partial charge in [-0.2, -0.15) is 0 Å². The number of pyridine rings is 1. The first-order chi connectivity index (χ1) is 12.0. The molecule has 0 bridgehead atoms. The average Bonchev–Trinajstić information content (AvgIpc) is 2.56. The Balaban J connectivity index is 1.68. The number of halogens is 1. The number of nitrogens with zero attached hydrogens (tertiary/aromatic N) is 1. The van der Waals surface area contributed by atoms with Gasteiger partial charge in [0.15, 0.2) is 0 Å². The van der Waals surface area contributed by atoms with Crippen LogP contribution in [0.2, 0.25) is 0 Å². The SMILES string of the molecule is Cc1cc(C)cc(NC(=O)c2ccc(Nc3ccc(F)cc3)cn2)c1. The lowest BCUT2D eigenvalue weighted by Gasteiger charge is -2.09. The third-order valence-corrected chi connectivity index (χ3v) is 3.61. The lowest BCUT2D eigenvalue weighted by Crippen LogP contribution is -2.13. The molecule has 0 spiro atoms. The molecule has 0 aliphatic rings. The minimum atomic E-state index is -0.290. The minimum Gasteiger partial charge on any atom is -0.354 e. The first-order valence-corrected chi connectivity index (χ1v) is 7.88. The van der Waals surface area contributed by atoms with Crippen molar-refractivity contribution in [3.63, 3.8) is 0 Å². The van der Waals surface area contributed by atoms with Gasteiger partial charge in [-0.3, -0.25) is 4.79 Å². The summed E-state index contributed by atoms with van der Waals surface area (Å²) in [7, 11) is 0. The fourth-order valence-corrected chi connectivity index (χ4v) is 2.54. The van der Waals surface area contributed by atoms with Gasteiger partial charge in [0.05, 0.1) is 11.9 Å². The van der Waals surface area contributed by atoms with Gasteiger partial charge in [-0.05, 0) is 73.5 Å². The molecule has 0 aliphatic heterocycles. The Morgan fingerprint density at radius 3 is 2.12 bits per heavy atom. The molecule has 0 aliphatic carbocycles. The van der Waals surface area contributed by atoms with Gasteiger partial charge in [-0.25, -0.2) is 9.37 Å². The summed E-state index contributed by atoms with van der Waals surface area (Å²) in [5.41, 5.74) is 4.70. The first kappa shape index (κ1) is 16.6. The van der Waals surface area contributed by atoms with Crippen molar-refractivity contribution in [3.8, 4) is 0 Å². The van der Waals surface area contributed by atoms with Crippen LogP contribution in [-0.4, -0.2) is 10.9 Å². The Bertz CT molecular complexity index is 870. The van der Waals surface area contributed by atoms with Crippen LogP contribution in [0.3, 0.4) is 0 Å². The lowest BCUT2D eigenvalue weighted by atomic mass is 10.1. The summed E-state index contributed by atoms with van der Waals surface area (Å²) >= 11 is 0. The van der Waals surface area contributed by atoms with Crippen LogP contribution in [-0.2, 0) is 0 Å². The molecule has 1 heterocycles. The predicted octanol–water partition coefficient (Wildman–Crippen LogP) is 4.83. The van der Waals surface area contributed by atoms with E-state index >= 15 is 0 Å². The number of amides is 1. The van der Waals surface area contributed by atoms with Crippen LogP contribution in [0.5, 0.6) is 0 Å². The molecule has 2 N–H and O–H groups in total. The fourth-order valence-electron chi connectivity index (χ4n) is 2.54. The summed E-state index contributed by atoms with van der Waals surface area (Å²) in [6.07, 6.45) is 1.57. The minimum absolute atomic E-state index is 0.265. The maximum Gasteiger partial charge on any atom is 0.274 e. The second-order valence-corrected chi connectivity index (χ2v) is 5.89. The van der Waals surface area contributed by atoms with Gasteiger partial charge in [0, 0.05) is 11.4 Å². The van der Waals surface area contributed by atoms with Crippen molar-refractivity contribution >= 4 is 23.0 Å². The fraction of sp³-hybridized carbons (Fsp3) is 0.100. The molecule has 0 radical (unpaired) electrons. The van der Waals surface area contributed by atoms with E-state index < -0.39 is 0 Å². The van der Waals surface area contributed by atoms with Crippen LogP contribution in [0.1, 0.15) is 21.6 Å². The molecule has 0 atom stereocenters. The largest absolute Gasteiger partial charge is 0.354 e. The number of rotatable bonds is 4. The molecule has 5 heteroatoms. The van der Waals surface area contributed by atoms with Gasteiger partial charge in [-0.15, -0.1) is 0 Å². The molecule has 3 rings (SSSR count). The summed E-state index contributed by atoms with van der Waals surface area (Å²) < 4.78 is 12.9. The Labute approximate surface area is 145 Å². The summed E-state index contributed by atoms with van der Waals surface area (Å²) in [4.78, 5) is 16.5. The molecule has 0 fully saturated rings. The van der Waals surface area contributed by atoms with Crippen LogP contribution in [0.15, 0.2) is 60.8 Å². The molecule has 3 aromatic rings. The lowest BCUT2D eigenvalue weighted by molar-refractivity contribution is 0.102. The zero-order valence-corrected chi connectivity index (χ0v) is 14.0. The smallest absolute Gasteiger partial charge is 0.274 e. The molecule has 0 saturated heterocycles. The van der Waals surface area contributed by atoms with E-state index in [9.17, 15) is 9.18 Å². The first-order valence-electron chi connectivity index (χ1n) is 7.88. The van der Waals surface area contributed by atoms with Crippen molar-refractivity contribution in [2.75, 3.05) is 10.6 Å². The summed E-state index contributed by atoms with van der Waals surface area (Å²) in [5.74, 6) is -0.555. The molecule has 1 amide bonds. The molecule has 1 aromatic heterocycles. The standard InChI is InChI=1S/C20H18FN3O/c1-13-9-14(2)11-18(10-13)24-20(25)19-8-7-17(12-22-19)23-16-5-3-15(21)4-6-16/h3-12,23H,1-2H3,(H,24,25). The highest BCUT2D eigenvalue weighted by Gasteiger charge is 2.08. The van der Waals surface area contributed by atoms with Gasteiger partial charge in [0.25, 0.3) is 5.91 Å². The highest BCUT2D eigenvalue weighted by molar-refractivity contribution is 6.03. The van der Waals surface area contributed by atoms with E-state index in [0.717, 1.165) is 28.2 Å². The topological polar surface area (TPSA) is 54.0 Å². The Hall–Kier alpha value is -3.21. The predicted molar refractivity (Wildman–Crippen MR) is 97.8 cm³/mol. The molecule has 25 heavy (non-hydrogen) atoms. The highest BCUT2D eigenvalue weighted by atomic mass is 19.1. The van der Waals surface area contributed by atoms with Crippen molar-refractivity contribution in [3.05, 3.63) is 83.4 Å². The van der Waals surface area contributed by atoms with E-state index in [1.165, 1.54) is 12.1 Å². The quantitative estimate of drug-likeness (QED) is 0.718. The summed E-state index contributed by atoms with van der Waals surface area (Å²) in [6, 6.07) is 15.3. The van der Waals surface area contributed by atoms with Crippen LogP contribution in [0.4, 0.5) is 21.5 Å². The van der Waals surface area contributed by atoms with E-state index in [1.807, 2.05) is 32.0 Å². The van der Waals surface area contributed by atoms with E-state index in [4.69, 9.17) is 0 Å². The molecule has 126 valence electrons. The number of carbonyl (C=O) groups excluding carboxylic acids is 1. The van der Waals surface area contributed by atoms with E-state index in [1.54, 1.807) is 30.5 Å². The Kier molecular flexibility index (Phi) is 4.75. The third-order valence-electron chi connectivity index (χ3n) is 3.61. The number of hydrogen-bond acceptors (Lipinski definition) is 3. The van der Waals surface area contributed by atoms with Crippen molar-refractivity contribution < 1.29 is 9.18 Å². The number of hydrogen-bond donors (Lipinski definition) is 2. The van der Waals surface area contributed by atoms with E-state index in [2.05, 4.69) is 15.6 Å². The number of aryl methyl sites for hydroxylation is 2. The maximum atomic E-state index is 12.9. The van der Waals surface area contributed by atoms with Gasteiger partial charge < -0.3 is 10.6 Å². The van der Waals surface area contributed by atoms with Crippen LogP contribution in [0.25, 0.3) is 0 Å². The van der Waals surface area contributed by atoms with Crippen molar-refractivity contribution in [2.45, 2.75) is 13.8 Å². The van der Waals surface area contributed by atoms with Gasteiger partial charge >= 0.3 is 0 Å². The van der Waals surface area contributed by atoms with Crippen molar-refractivity contribution in [1.29, 1.82) is 0 Å². The van der Waals surface area contributed by atoms with Crippen LogP contribution in [0, 0.1) is 19.7 Å². The van der Waals surface area contributed by atoms with E-state index in [-0.39, 0.29) is 11.7 Å². The zero-order chi connectivity index (χ0) is 17.8. The molecular weight excluding hydrogens is 317 g/mol. The zero-order valence-electron chi connectivity index (χ0n) is 14.0. The van der Waals surface area contributed by atoms with Gasteiger partial charge in [0.1, 0.15) is 11.5 Å².